The summed E-state index contributed by atoms with van der Waals surface area (Å²) in [4.78, 5) is 0. The molecule has 0 aliphatic rings. The van der Waals surface area contributed by atoms with Crippen molar-refractivity contribution in [2.24, 2.45) is 0 Å². The minimum atomic E-state index is 1.18. The van der Waals surface area contributed by atoms with Crippen molar-refractivity contribution in [3.63, 3.8) is 0 Å². The maximum Gasteiger partial charge on any atom is 0.0355 e. The van der Waals surface area contributed by atoms with Crippen LogP contribution in [-0.4, -0.2) is 12.0 Å². The smallest absolute Gasteiger partial charge is 0.0355 e. The molecule has 0 aromatic carbocycles. The van der Waals surface area contributed by atoms with Crippen LogP contribution in [0.4, 0.5) is 0 Å². The molecule has 0 fully saturated rings. The van der Waals surface area contributed by atoms with Gasteiger partial charge in [-0.3, -0.25) is 0 Å². The number of allylic oxidation sites excluding steroid dienone is 1. The molecule has 0 rings (SSSR count). The van der Waals surface area contributed by atoms with Gasteiger partial charge in [0.1, 0.15) is 0 Å². The largest absolute Gasteiger partial charge is 0.123 e. The Bertz CT molecular complexity index is 76.6. The fourth-order valence-electron chi connectivity index (χ4n) is 0.402. The highest BCUT2D eigenvalue weighted by Gasteiger charge is 1.87. The topological polar surface area (TPSA) is 0 Å². The first kappa shape index (κ1) is 8.44. The van der Waals surface area contributed by atoms with Gasteiger partial charge in [0, 0.05) is 4.24 Å². The second kappa shape index (κ2) is 5.57. The molecule has 0 aromatic heterocycles. The fraction of sp³-hybridized carbons (Fsp3) is 0.667. The molecule has 0 radical (unpaired) electrons. The second-order valence-electron chi connectivity index (χ2n) is 1.24. The number of rotatable bonds is 3. The van der Waals surface area contributed by atoms with E-state index in [2.05, 4.69) is 26.2 Å². The summed E-state index contributed by atoms with van der Waals surface area (Å²) in [7, 11) is 0. The van der Waals surface area contributed by atoms with Crippen LogP contribution in [-0.2, 0) is 0 Å². The Morgan fingerprint density at radius 1 is 1.62 bits per heavy atom. The van der Waals surface area contributed by atoms with E-state index in [-0.39, 0.29) is 0 Å². The van der Waals surface area contributed by atoms with Gasteiger partial charge in [-0.25, -0.2) is 0 Å². The predicted octanol–water partition coefficient (Wildman–Crippen LogP) is 2.96. The van der Waals surface area contributed by atoms with Crippen molar-refractivity contribution < 1.29 is 0 Å². The average molecular weight is 148 g/mol. The number of thioether (sulfide) groups is 2. The van der Waals surface area contributed by atoms with Gasteiger partial charge in [-0.2, -0.15) is 0 Å². The first-order chi connectivity index (χ1) is 3.85. The molecule has 48 valence electrons. The van der Waals surface area contributed by atoms with Crippen LogP contribution in [0.2, 0.25) is 0 Å². The standard InChI is InChI=1S/C6H12S2/c1-4-6(7-3)8-5-2/h4H,5H2,1-3H3. The fourth-order valence-corrected chi connectivity index (χ4v) is 1.91. The van der Waals surface area contributed by atoms with Gasteiger partial charge in [0.25, 0.3) is 0 Å². The van der Waals surface area contributed by atoms with Crippen molar-refractivity contribution in [2.75, 3.05) is 12.0 Å². The quantitative estimate of drug-likeness (QED) is 0.603. The summed E-state index contributed by atoms with van der Waals surface area (Å²) in [6, 6.07) is 0. The summed E-state index contributed by atoms with van der Waals surface area (Å²) in [5.41, 5.74) is 0. The van der Waals surface area contributed by atoms with Crippen LogP contribution in [0, 0.1) is 0 Å². The summed E-state index contributed by atoms with van der Waals surface area (Å²) in [5.74, 6) is 1.18. The molecule has 0 unspecified atom stereocenters. The summed E-state index contributed by atoms with van der Waals surface area (Å²) >= 11 is 3.72. The van der Waals surface area contributed by atoms with Gasteiger partial charge in [-0.1, -0.05) is 13.0 Å². The molecule has 0 spiro atoms. The van der Waals surface area contributed by atoms with Crippen LogP contribution in [0.3, 0.4) is 0 Å². The maximum atomic E-state index is 2.17. The average Bonchev–Trinajstić information content (AvgIpc) is 1.83. The lowest BCUT2D eigenvalue weighted by Crippen LogP contribution is -1.67. The van der Waals surface area contributed by atoms with E-state index in [1.165, 1.54) is 9.99 Å². The monoisotopic (exact) mass is 148 g/mol. The molecule has 8 heavy (non-hydrogen) atoms. The zero-order valence-electron chi connectivity index (χ0n) is 5.60. The van der Waals surface area contributed by atoms with E-state index in [9.17, 15) is 0 Å². The minimum absolute atomic E-state index is 1.18. The van der Waals surface area contributed by atoms with Crippen LogP contribution >= 0.6 is 23.5 Å². The van der Waals surface area contributed by atoms with Gasteiger partial charge in [-0.05, 0) is 18.9 Å². The third kappa shape index (κ3) is 3.44. The lowest BCUT2D eigenvalue weighted by Gasteiger charge is -1.96. The van der Waals surface area contributed by atoms with Crippen LogP contribution < -0.4 is 0 Å². The highest BCUT2D eigenvalue weighted by Crippen LogP contribution is 2.24. The highest BCUT2D eigenvalue weighted by atomic mass is 32.2. The maximum absolute atomic E-state index is 2.17. The molecule has 0 nitrogen and oxygen atoms in total. The van der Waals surface area contributed by atoms with Gasteiger partial charge in [-0.15, -0.1) is 23.5 Å². The summed E-state index contributed by atoms with van der Waals surface area (Å²) < 4.78 is 1.42. The van der Waals surface area contributed by atoms with Gasteiger partial charge < -0.3 is 0 Å². The van der Waals surface area contributed by atoms with Crippen molar-refractivity contribution in [3.05, 3.63) is 10.3 Å². The molecule has 0 bridgehead atoms. The minimum Gasteiger partial charge on any atom is -0.123 e. The van der Waals surface area contributed by atoms with Crippen LogP contribution in [0.1, 0.15) is 13.8 Å². The van der Waals surface area contributed by atoms with E-state index in [1.54, 1.807) is 0 Å². The third-order valence-corrected chi connectivity index (χ3v) is 3.02. The lowest BCUT2D eigenvalue weighted by molar-refractivity contribution is 1.53. The third-order valence-electron chi connectivity index (χ3n) is 0.723. The normalized spacial score (nSPS) is 12.1. The zero-order valence-corrected chi connectivity index (χ0v) is 7.23. The molecule has 0 aliphatic carbocycles. The van der Waals surface area contributed by atoms with E-state index in [1.807, 2.05) is 23.5 Å². The molecule has 0 saturated heterocycles. The Morgan fingerprint density at radius 3 is 2.38 bits per heavy atom. The van der Waals surface area contributed by atoms with E-state index in [0.29, 0.717) is 0 Å². The molecule has 0 aliphatic heterocycles. The second-order valence-corrected chi connectivity index (χ2v) is 3.66. The molecule has 0 atom stereocenters. The molecular weight excluding hydrogens is 136 g/mol. The SMILES string of the molecule is CC=C(SC)SCC. The van der Waals surface area contributed by atoms with E-state index in [0.717, 1.165) is 0 Å². The van der Waals surface area contributed by atoms with E-state index >= 15 is 0 Å². The Morgan fingerprint density at radius 2 is 2.25 bits per heavy atom. The van der Waals surface area contributed by atoms with Gasteiger partial charge in [0.05, 0.1) is 0 Å². The highest BCUT2D eigenvalue weighted by molar-refractivity contribution is 8.21. The van der Waals surface area contributed by atoms with Crippen LogP contribution in [0.5, 0.6) is 0 Å². The molecule has 2 heteroatoms. The number of hydrogen-bond acceptors (Lipinski definition) is 2. The lowest BCUT2D eigenvalue weighted by atomic mass is 10.8. The Hall–Kier alpha value is 0.440. The Labute approximate surface area is 60.1 Å². The molecule has 0 N–H and O–H groups in total. The van der Waals surface area contributed by atoms with Crippen molar-refractivity contribution in [3.8, 4) is 0 Å². The van der Waals surface area contributed by atoms with Crippen molar-refractivity contribution in [1.82, 2.24) is 0 Å². The Balaban J connectivity index is 3.38. The first-order valence-electron chi connectivity index (χ1n) is 2.68. The molecular formula is C6H12S2. The molecule has 0 heterocycles. The summed E-state index contributed by atoms with van der Waals surface area (Å²) in [6.07, 6.45) is 4.26. The molecule has 0 saturated carbocycles. The van der Waals surface area contributed by atoms with Gasteiger partial charge in [0.15, 0.2) is 0 Å². The summed E-state index contributed by atoms with van der Waals surface area (Å²) in [6.45, 7) is 4.25. The van der Waals surface area contributed by atoms with Gasteiger partial charge in [0.2, 0.25) is 0 Å². The van der Waals surface area contributed by atoms with Gasteiger partial charge >= 0.3 is 0 Å². The van der Waals surface area contributed by atoms with E-state index < -0.39 is 0 Å². The molecule has 0 amide bonds. The van der Waals surface area contributed by atoms with Crippen molar-refractivity contribution in [1.29, 1.82) is 0 Å². The number of hydrogen-bond donors (Lipinski definition) is 0. The Kier molecular flexibility index (Phi) is 5.88. The van der Waals surface area contributed by atoms with Crippen LogP contribution in [0.25, 0.3) is 0 Å². The predicted molar refractivity (Wildman–Crippen MR) is 45.4 cm³/mol. The van der Waals surface area contributed by atoms with Crippen molar-refractivity contribution >= 4 is 23.5 Å². The van der Waals surface area contributed by atoms with Crippen LogP contribution in [0.15, 0.2) is 10.3 Å². The van der Waals surface area contributed by atoms with Crippen molar-refractivity contribution in [2.45, 2.75) is 13.8 Å². The van der Waals surface area contributed by atoms with E-state index in [4.69, 9.17) is 0 Å². The summed E-state index contributed by atoms with van der Waals surface area (Å²) in [5, 5.41) is 0. The first-order valence-corrected chi connectivity index (χ1v) is 4.89. The zero-order chi connectivity index (χ0) is 6.41. The molecule has 0 aromatic rings.